The standard InChI is InChI=1S/C56H105NO5/c1-3-5-7-9-11-13-15-17-18-19-20-21-22-26-30-34-38-42-46-50-56(61)62-51-47-43-39-35-31-27-23-25-29-33-37-41-45-49-55(60)57-53(52-58)54(59)48-44-40-36-32-28-24-16-14-12-10-8-6-4-2/h17-18,25,29,37,41,53-54,58-59H,3-16,19-24,26-28,30-36,38-40,42-52H2,1-2H3,(H,57,60)/b18-17-,29-25-,41-37-. The maximum atomic E-state index is 12.4. The minimum atomic E-state index is -0.698. The summed E-state index contributed by atoms with van der Waals surface area (Å²) in [4.78, 5) is 24.5. The molecule has 0 aliphatic heterocycles. The zero-order valence-electron chi connectivity index (χ0n) is 41.4. The SMILES string of the molecule is CCCCCCCC/C=C\CCCCCCCCCCCC(=O)OCCCCCCCC/C=C\C/C=C\CCC(=O)NC(CO)C(O)CCCCCCCCCCCCCCC. The van der Waals surface area contributed by atoms with Crippen molar-refractivity contribution in [2.24, 2.45) is 0 Å². The quantitative estimate of drug-likeness (QED) is 0.0321. The molecular weight excluding hydrogens is 767 g/mol. The molecule has 0 saturated carbocycles. The lowest BCUT2D eigenvalue weighted by atomic mass is 10.0. The highest BCUT2D eigenvalue weighted by Gasteiger charge is 2.19. The fourth-order valence-electron chi connectivity index (χ4n) is 8.21. The first-order valence-electron chi connectivity index (χ1n) is 27.2. The number of aliphatic hydroxyl groups excluding tert-OH is 2. The molecule has 62 heavy (non-hydrogen) atoms. The molecular formula is C56H105NO5. The maximum absolute atomic E-state index is 12.4. The molecule has 0 aromatic rings. The van der Waals surface area contributed by atoms with Crippen LogP contribution < -0.4 is 5.32 Å². The number of esters is 1. The highest BCUT2D eigenvalue weighted by Crippen LogP contribution is 2.16. The first kappa shape index (κ1) is 60.1. The number of hydrogen-bond acceptors (Lipinski definition) is 5. The van der Waals surface area contributed by atoms with E-state index in [0.717, 1.165) is 51.4 Å². The summed E-state index contributed by atoms with van der Waals surface area (Å²) in [5, 5.41) is 23.1. The van der Waals surface area contributed by atoms with Gasteiger partial charge in [0.25, 0.3) is 0 Å². The molecule has 0 fully saturated rings. The predicted octanol–water partition coefficient (Wildman–Crippen LogP) is 16.5. The Labute approximate surface area is 385 Å². The van der Waals surface area contributed by atoms with Crippen molar-refractivity contribution >= 4 is 11.9 Å². The summed E-state index contributed by atoms with van der Waals surface area (Å²) < 4.78 is 5.47. The van der Waals surface area contributed by atoms with Crippen LogP contribution in [0.4, 0.5) is 0 Å². The monoisotopic (exact) mass is 872 g/mol. The van der Waals surface area contributed by atoms with Crippen LogP contribution in [0.25, 0.3) is 0 Å². The van der Waals surface area contributed by atoms with Gasteiger partial charge in [0.2, 0.25) is 5.91 Å². The van der Waals surface area contributed by atoms with Gasteiger partial charge in [-0.3, -0.25) is 9.59 Å². The molecule has 0 rings (SSSR count). The lowest BCUT2D eigenvalue weighted by Crippen LogP contribution is -2.45. The summed E-state index contributed by atoms with van der Waals surface area (Å²) in [7, 11) is 0. The van der Waals surface area contributed by atoms with Crippen molar-refractivity contribution in [1.29, 1.82) is 0 Å². The number of nitrogens with one attached hydrogen (secondary N) is 1. The smallest absolute Gasteiger partial charge is 0.305 e. The summed E-state index contributed by atoms with van der Waals surface area (Å²) in [5.74, 6) is -0.134. The van der Waals surface area contributed by atoms with Crippen molar-refractivity contribution in [1.82, 2.24) is 5.32 Å². The van der Waals surface area contributed by atoms with E-state index in [4.69, 9.17) is 4.74 Å². The second-order valence-corrected chi connectivity index (χ2v) is 18.6. The molecule has 0 aromatic carbocycles. The second-order valence-electron chi connectivity index (χ2n) is 18.6. The van der Waals surface area contributed by atoms with Crippen molar-refractivity contribution in [2.75, 3.05) is 13.2 Å². The van der Waals surface area contributed by atoms with E-state index in [1.165, 1.54) is 193 Å². The Hall–Kier alpha value is -1.92. The molecule has 364 valence electrons. The molecule has 2 atom stereocenters. The van der Waals surface area contributed by atoms with Gasteiger partial charge in [-0.05, 0) is 70.6 Å². The largest absolute Gasteiger partial charge is 0.466 e. The molecule has 6 heteroatoms. The molecule has 0 aromatic heterocycles. The fraction of sp³-hybridized carbons (Fsp3) is 0.857. The van der Waals surface area contributed by atoms with Crippen molar-refractivity contribution < 1.29 is 24.5 Å². The van der Waals surface area contributed by atoms with Gasteiger partial charge in [0.15, 0.2) is 0 Å². The van der Waals surface area contributed by atoms with Crippen LogP contribution in [0.5, 0.6) is 0 Å². The Kier molecular flexibility index (Phi) is 50.1. The summed E-state index contributed by atoms with van der Waals surface area (Å²) in [6.45, 7) is 4.88. The van der Waals surface area contributed by atoms with Crippen LogP contribution in [0.15, 0.2) is 36.5 Å². The van der Waals surface area contributed by atoms with Crippen molar-refractivity contribution in [2.45, 2.75) is 296 Å². The number of amides is 1. The second kappa shape index (κ2) is 51.7. The fourth-order valence-corrected chi connectivity index (χ4v) is 8.21. The van der Waals surface area contributed by atoms with Gasteiger partial charge in [0, 0.05) is 12.8 Å². The van der Waals surface area contributed by atoms with Gasteiger partial charge in [-0.1, -0.05) is 237 Å². The lowest BCUT2D eigenvalue weighted by molar-refractivity contribution is -0.143. The highest BCUT2D eigenvalue weighted by molar-refractivity contribution is 5.76. The van der Waals surface area contributed by atoms with E-state index in [9.17, 15) is 19.8 Å². The summed E-state index contributed by atoms with van der Waals surface area (Å²) in [6.07, 6.45) is 62.8. The third-order valence-electron chi connectivity index (χ3n) is 12.4. The summed E-state index contributed by atoms with van der Waals surface area (Å²) >= 11 is 0. The summed E-state index contributed by atoms with van der Waals surface area (Å²) in [6, 6.07) is -0.585. The Morgan fingerprint density at radius 1 is 0.452 bits per heavy atom. The van der Waals surface area contributed by atoms with Gasteiger partial charge in [-0.15, -0.1) is 0 Å². The summed E-state index contributed by atoms with van der Waals surface area (Å²) in [5.41, 5.74) is 0. The maximum Gasteiger partial charge on any atom is 0.305 e. The van der Waals surface area contributed by atoms with Crippen LogP contribution in [-0.2, 0) is 14.3 Å². The number of rotatable bonds is 50. The van der Waals surface area contributed by atoms with Crippen molar-refractivity contribution in [3.63, 3.8) is 0 Å². The number of ether oxygens (including phenoxy) is 1. The van der Waals surface area contributed by atoms with Gasteiger partial charge in [0.1, 0.15) is 0 Å². The minimum Gasteiger partial charge on any atom is -0.466 e. The minimum absolute atomic E-state index is 0.0178. The van der Waals surface area contributed by atoms with E-state index in [-0.39, 0.29) is 18.5 Å². The van der Waals surface area contributed by atoms with E-state index in [1.54, 1.807) is 0 Å². The predicted molar refractivity (Wildman–Crippen MR) is 269 cm³/mol. The number of carbonyl (C=O) groups excluding carboxylic acids is 2. The first-order chi connectivity index (χ1) is 30.5. The Morgan fingerprint density at radius 3 is 1.27 bits per heavy atom. The molecule has 0 aliphatic carbocycles. The molecule has 3 N–H and O–H groups in total. The molecule has 0 spiro atoms. The zero-order chi connectivity index (χ0) is 45.1. The van der Waals surface area contributed by atoms with Gasteiger partial charge in [-0.2, -0.15) is 0 Å². The average molecular weight is 872 g/mol. The first-order valence-corrected chi connectivity index (χ1v) is 27.2. The van der Waals surface area contributed by atoms with Gasteiger partial charge in [-0.25, -0.2) is 0 Å². The van der Waals surface area contributed by atoms with E-state index in [1.807, 2.05) is 6.08 Å². The average Bonchev–Trinajstić information content (AvgIpc) is 3.27. The Bertz CT molecular complexity index is 1010. The molecule has 0 saturated heterocycles. The number of carbonyl (C=O) groups is 2. The third kappa shape index (κ3) is 47.6. The van der Waals surface area contributed by atoms with Crippen LogP contribution in [0.1, 0.15) is 284 Å². The molecule has 2 unspecified atom stereocenters. The van der Waals surface area contributed by atoms with E-state index >= 15 is 0 Å². The van der Waals surface area contributed by atoms with Crippen LogP contribution in [0.3, 0.4) is 0 Å². The number of aliphatic hydroxyl groups is 2. The normalized spacial score (nSPS) is 12.9. The van der Waals surface area contributed by atoms with Crippen LogP contribution in [0, 0.1) is 0 Å². The molecule has 0 aliphatic rings. The van der Waals surface area contributed by atoms with Crippen LogP contribution in [-0.4, -0.2) is 47.4 Å². The number of unbranched alkanes of at least 4 members (excludes halogenated alkanes) is 33. The lowest BCUT2D eigenvalue weighted by Gasteiger charge is -2.22. The number of hydrogen-bond donors (Lipinski definition) is 3. The highest BCUT2D eigenvalue weighted by atomic mass is 16.5. The molecule has 0 heterocycles. The third-order valence-corrected chi connectivity index (χ3v) is 12.4. The molecule has 0 bridgehead atoms. The van der Waals surface area contributed by atoms with Gasteiger partial charge < -0.3 is 20.3 Å². The van der Waals surface area contributed by atoms with E-state index in [0.29, 0.717) is 32.3 Å². The van der Waals surface area contributed by atoms with Gasteiger partial charge >= 0.3 is 5.97 Å². The van der Waals surface area contributed by atoms with E-state index < -0.39 is 12.1 Å². The number of allylic oxidation sites excluding steroid dienone is 6. The zero-order valence-corrected chi connectivity index (χ0v) is 41.4. The molecule has 0 radical (unpaired) electrons. The molecule has 1 amide bonds. The van der Waals surface area contributed by atoms with Gasteiger partial charge in [0.05, 0.1) is 25.4 Å². The Balaban J connectivity index is 3.52. The topological polar surface area (TPSA) is 95.9 Å². The Morgan fingerprint density at radius 2 is 0.823 bits per heavy atom. The van der Waals surface area contributed by atoms with E-state index in [2.05, 4.69) is 49.5 Å². The van der Waals surface area contributed by atoms with Crippen molar-refractivity contribution in [3.8, 4) is 0 Å². The molecule has 6 nitrogen and oxygen atoms in total. The van der Waals surface area contributed by atoms with Crippen molar-refractivity contribution in [3.05, 3.63) is 36.5 Å². The van der Waals surface area contributed by atoms with Crippen LogP contribution in [0.2, 0.25) is 0 Å². The van der Waals surface area contributed by atoms with Crippen LogP contribution >= 0.6 is 0 Å².